The molecule has 2 heterocycles. The molecule has 96 valence electrons. The average molecular weight is 246 g/mol. The molecule has 2 aliphatic rings. The molecule has 2 aliphatic heterocycles. The molecule has 2 rings (SSSR count). The quantitative estimate of drug-likeness (QED) is 0.743. The van der Waals surface area contributed by atoms with Gasteiger partial charge in [-0.25, -0.2) is 0 Å². The monoisotopic (exact) mass is 246 g/mol. The van der Waals surface area contributed by atoms with Crippen molar-refractivity contribution >= 4 is 5.91 Å². The summed E-state index contributed by atoms with van der Waals surface area (Å²) < 4.78 is 0. The summed E-state index contributed by atoms with van der Waals surface area (Å²) in [5.74, 6) is 0.362. The van der Waals surface area contributed by atoms with Gasteiger partial charge in [0, 0.05) is 18.5 Å². The number of amides is 1. The molecule has 2 bridgehead atoms. The standard InChI is InChI=1S/C13H18N4O/c14-3-5-17(6-4-15)13(18)9-10-7-11-1-2-12(8-10)16-11/h10-12,16H,1-2,5-9H2. The van der Waals surface area contributed by atoms with Gasteiger partial charge in [0.25, 0.3) is 0 Å². The zero-order valence-electron chi connectivity index (χ0n) is 10.4. The Balaban J connectivity index is 1.86. The molecule has 0 saturated carbocycles. The second-order valence-electron chi connectivity index (χ2n) is 5.25. The highest BCUT2D eigenvalue weighted by atomic mass is 16.2. The number of piperidine rings is 1. The highest BCUT2D eigenvalue weighted by molar-refractivity contribution is 5.77. The number of nitrogens with zero attached hydrogens (tertiary/aromatic N) is 3. The Morgan fingerprint density at radius 3 is 2.22 bits per heavy atom. The lowest BCUT2D eigenvalue weighted by Crippen LogP contribution is -2.40. The Labute approximate surface area is 107 Å². The van der Waals surface area contributed by atoms with Crippen LogP contribution < -0.4 is 5.32 Å². The van der Waals surface area contributed by atoms with Crippen LogP contribution in [0.4, 0.5) is 0 Å². The average Bonchev–Trinajstić information content (AvgIpc) is 2.68. The van der Waals surface area contributed by atoms with E-state index in [0.717, 1.165) is 12.8 Å². The number of rotatable bonds is 4. The van der Waals surface area contributed by atoms with Crippen LogP contribution in [0.2, 0.25) is 0 Å². The van der Waals surface area contributed by atoms with E-state index in [1.165, 1.54) is 17.7 Å². The summed E-state index contributed by atoms with van der Waals surface area (Å²) in [5, 5.41) is 20.8. The molecule has 2 unspecified atom stereocenters. The van der Waals surface area contributed by atoms with Crippen molar-refractivity contribution in [3.8, 4) is 12.1 Å². The molecule has 2 saturated heterocycles. The molecule has 1 amide bonds. The fraction of sp³-hybridized carbons (Fsp3) is 0.769. The third kappa shape index (κ3) is 3.00. The summed E-state index contributed by atoms with van der Waals surface area (Å²) in [5.41, 5.74) is 0. The Hall–Kier alpha value is -1.59. The fourth-order valence-electron chi connectivity index (χ4n) is 3.12. The Morgan fingerprint density at radius 2 is 1.72 bits per heavy atom. The molecule has 5 heteroatoms. The summed E-state index contributed by atoms with van der Waals surface area (Å²) >= 11 is 0. The molecule has 2 fully saturated rings. The van der Waals surface area contributed by atoms with Crippen molar-refractivity contribution in [2.45, 2.75) is 44.2 Å². The number of nitriles is 2. The Bertz CT molecular complexity index is 367. The lowest BCUT2D eigenvalue weighted by atomic mass is 9.89. The van der Waals surface area contributed by atoms with E-state index in [-0.39, 0.29) is 19.0 Å². The lowest BCUT2D eigenvalue weighted by molar-refractivity contribution is -0.131. The van der Waals surface area contributed by atoms with Gasteiger partial charge in [0.1, 0.15) is 13.1 Å². The van der Waals surface area contributed by atoms with Gasteiger partial charge < -0.3 is 10.2 Å². The van der Waals surface area contributed by atoms with E-state index in [0.29, 0.717) is 24.4 Å². The van der Waals surface area contributed by atoms with Crippen LogP contribution in [0.5, 0.6) is 0 Å². The van der Waals surface area contributed by atoms with Crippen LogP contribution in [0, 0.1) is 28.6 Å². The van der Waals surface area contributed by atoms with E-state index in [9.17, 15) is 4.79 Å². The van der Waals surface area contributed by atoms with Gasteiger partial charge in [0.15, 0.2) is 0 Å². The van der Waals surface area contributed by atoms with Crippen LogP contribution in [0.3, 0.4) is 0 Å². The second-order valence-corrected chi connectivity index (χ2v) is 5.25. The summed E-state index contributed by atoms with van der Waals surface area (Å²) in [7, 11) is 0. The van der Waals surface area contributed by atoms with Crippen LogP contribution in [0.25, 0.3) is 0 Å². The van der Waals surface area contributed by atoms with Crippen LogP contribution in [0.1, 0.15) is 32.1 Å². The number of carbonyl (C=O) groups excluding carboxylic acids is 1. The van der Waals surface area contributed by atoms with Crippen LogP contribution in [0.15, 0.2) is 0 Å². The zero-order chi connectivity index (χ0) is 13.0. The fourth-order valence-corrected chi connectivity index (χ4v) is 3.12. The van der Waals surface area contributed by atoms with Gasteiger partial charge in [0.05, 0.1) is 12.1 Å². The first-order chi connectivity index (χ1) is 8.72. The van der Waals surface area contributed by atoms with Gasteiger partial charge in [-0.1, -0.05) is 0 Å². The van der Waals surface area contributed by atoms with Gasteiger partial charge in [-0.2, -0.15) is 10.5 Å². The van der Waals surface area contributed by atoms with Crippen molar-refractivity contribution in [2.24, 2.45) is 5.92 Å². The van der Waals surface area contributed by atoms with Gasteiger partial charge >= 0.3 is 0 Å². The van der Waals surface area contributed by atoms with E-state index in [4.69, 9.17) is 10.5 Å². The van der Waals surface area contributed by atoms with Crippen molar-refractivity contribution in [1.82, 2.24) is 10.2 Å². The minimum absolute atomic E-state index is 0.0181. The Kier molecular flexibility index (Phi) is 4.17. The van der Waals surface area contributed by atoms with E-state index in [1.54, 1.807) is 0 Å². The van der Waals surface area contributed by atoms with E-state index in [1.807, 2.05) is 12.1 Å². The normalized spacial score (nSPS) is 29.3. The molecule has 18 heavy (non-hydrogen) atoms. The van der Waals surface area contributed by atoms with Crippen molar-refractivity contribution in [1.29, 1.82) is 10.5 Å². The molecule has 0 aliphatic carbocycles. The molecule has 5 nitrogen and oxygen atoms in total. The smallest absolute Gasteiger partial charge is 0.224 e. The number of hydrogen-bond donors (Lipinski definition) is 1. The molecule has 2 atom stereocenters. The summed E-state index contributed by atoms with van der Waals surface area (Å²) in [4.78, 5) is 13.4. The van der Waals surface area contributed by atoms with Crippen LogP contribution >= 0.6 is 0 Å². The maximum absolute atomic E-state index is 12.0. The van der Waals surface area contributed by atoms with E-state index < -0.39 is 0 Å². The predicted octanol–water partition coefficient (Wildman–Crippen LogP) is 0.783. The topological polar surface area (TPSA) is 79.9 Å². The van der Waals surface area contributed by atoms with Crippen molar-refractivity contribution in [2.75, 3.05) is 13.1 Å². The van der Waals surface area contributed by atoms with Gasteiger partial charge in [0.2, 0.25) is 5.91 Å². The van der Waals surface area contributed by atoms with Crippen molar-refractivity contribution in [3.63, 3.8) is 0 Å². The first-order valence-electron chi connectivity index (χ1n) is 6.50. The maximum Gasteiger partial charge on any atom is 0.224 e. The third-order valence-electron chi connectivity index (χ3n) is 3.91. The van der Waals surface area contributed by atoms with Crippen molar-refractivity contribution in [3.05, 3.63) is 0 Å². The van der Waals surface area contributed by atoms with Gasteiger partial charge in [-0.3, -0.25) is 4.79 Å². The van der Waals surface area contributed by atoms with E-state index >= 15 is 0 Å². The lowest BCUT2D eigenvalue weighted by Gasteiger charge is -2.29. The summed E-state index contributed by atoms with van der Waals surface area (Å²) in [6.07, 6.45) is 5.02. The molecular weight excluding hydrogens is 228 g/mol. The van der Waals surface area contributed by atoms with Crippen LogP contribution in [-0.4, -0.2) is 36.0 Å². The molecule has 0 spiro atoms. The molecule has 0 radical (unpaired) electrons. The van der Waals surface area contributed by atoms with Crippen LogP contribution in [-0.2, 0) is 4.79 Å². The Morgan fingerprint density at radius 1 is 1.17 bits per heavy atom. The molecule has 0 aromatic rings. The van der Waals surface area contributed by atoms with E-state index in [2.05, 4.69) is 5.32 Å². The number of hydrogen-bond acceptors (Lipinski definition) is 4. The molecule has 0 aromatic heterocycles. The minimum atomic E-state index is -0.0515. The minimum Gasteiger partial charge on any atom is -0.316 e. The number of fused-ring (bicyclic) bond motifs is 2. The first-order valence-corrected chi connectivity index (χ1v) is 6.50. The molecular formula is C13H18N4O. The van der Waals surface area contributed by atoms with Gasteiger partial charge in [-0.15, -0.1) is 0 Å². The predicted molar refractivity (Wildman–Crippen MR) is 65.1 cm³/mol. The van der Waals surface area contributed by atoms with Gasteiger partial charge in [-0.05, 0) is 31.6 Å². The highest BCUT2D eigenvalue weighted by Gasteiger charge is 2.34. The summed E-state index contributed by atoms with van der Waals surface area (Å²) in [6.45, 7) is 0.0362. The highest BCUT2D eigenvalue weighted by Crippen LogP contribution is 2.32. The number of nitrogens with one attached hydrogen (secondary N) is 1. The summed E-state index contributed by atoms with van der Waals surface area (Å²) in [6, 6.07) is 5.03. The third-order valence-corrected chi connectivity index (χ3v) is 3.91. The molecule has 0 aromatic carbocycles. The maximum atomic E-state index is 12.0. The van der Waals surface area contributed by atoms with Crippen molar-refractivity contribution < 1.29 is 4.79 Å². The second kappa shape index (κ2) is 5.84. The number of carbonyl (C=O) groups is 1. The largest absolute Gasteiger partial charge is 0.316 e. The SMILES string of the molecule is N#CCN(CC#N)C(=O)CC1CC2CCC(C1)N2. The zero-order valence-corrected chi connectivity index (χ0v) is 10.4. The first kappa shape index (κ1) is 12.9. The molecule has 1 N–H and O–H groups in total.